The molecule has 1 saturated heterocycles. The number of aliphatic hydroxyl groups is 1. The van der Waals surface area contributed by atoms with Crippen LogP contribution in [0.1, 0.15) is 17.1 Å². The lowest BCUT2D eigenvalue weighted by Gasteiger charge is -2.16. The van der Waals surface area contributed by atoms with E-state index in [0.29, 0.717) is 25.3 Å². The van der Waals surface area contributed by atoms with Crippen LogP contribution < -0.4 is 0 Å². The van der Waals surface area contributed by atoms with Crippen molar-refractivity contribution in [3.63, 3.8) is 0 Å². The Hall–Kier alpha value is -3.03. The van der Waals surface area contributed by atoms with Crippen molar-refractivity contribution in [2.45, 2.75) is 26.0 Å². The van der Waals surface area contributed by atoms with Gasteiger partial charge in [0.1, 0.15) is 5.76 Å². The molecule has 0 spiro atoms. The number of β-amino-alcohol motifs (C(OH)–C–C–N with tert-alkyl or cyclic N) is 1. The van der Waals surface area contributed by atoms with E-state index in [1.54, 1.807) is 6.20 Å². The highest BCUT2D eigenvalue weighted by Gasteiger charge is 2.33. The highest BCUT2D eigenvalue weighted by molar-refractivity contribution is 5.65. The van der Waals surface area contributed by atoms with Crippen LogP contribution in [-0.2, 0) is 13.0 Å². The zero-order chi connectivity index (χ0) is 19.8. The van der Waals surface area contributed by atoms with Crippen molar-refractivity contribution in [1.29, 1.82) is 0 Å². The molecule has 0 radical (unpaired) electrons. The van der Waals surface area contributed by atoms with Gasteiger partial charge < -0.3 is 9.63 Å². The summed E-state index contributed by atoms with van der Waals surface area (Å²) in [5.74, 6) is 1.65. The summed E-state index contributed by atoms with van der Waals surface area (Å²) in [5, 5.41) is 14.6. The van der Waals surface area contributed by atoms with Crippen LogP contribution in [0.5, 0.6) is 0 Å². The van der Waals surface area contributed by atoms with E-state index in [9.17, 15) is 5.11 Å². The molecule has 148 valence electrons. The van der Waals surface area contributed by atoms with Crippen molar-refractivity contribution in [1.82, 2.24) is 24.4 Å². The maximum Gasteiger partial charge on any atom is 0.234 e. The van der Waals surface area contributed by atoms with E-state index in [0.717, 1.165) is 35.0 Å². The lowest BCUT2D eigenvalue weighted by Crippen LogP contribution is -2.22. The summed E-state index contributed by atoms with van der Waals surface area (Å²) in [7, 11) is 0. The molecule has 29 heavy (non-hydrogen) atoms. The van der Waals surface area contributed by atoms with Crippen molar-refractivity contribution in [2.75, 3.05) is 13.1 Å². The summed E-state index contributed by atoms with van der Waals surface area (Å²) in [5.41, 5.74) is 3.97. The first-order valence-corrected chi connectivity index (χ1v) is 9.87. The monoisotopic (exact) mass is 389 g/mol. The number of hydrogen-bond acceptors (Lipinski definition) is 6. The number of rotatable bonds is 5. The minimum atomic E-state index is -0.391. The van der Waals surface area contributed by atoms with Crippen LogP contribution in [0.2, 0.25) is 0 Å². The fraction of sp³-hybridized carbons (Fsp3) is 0.318. The van der Waals surface area contributed by atoms with Crippen LogP contribution in [0, 0.1) is 12.8 Å². The van der Waals surface area contributed by atoms with Crippen molar-refractivity contribution >= 4 is 5.78 Å². The van der Waals surface area contributed by atoms with Crippen LogP contribution in [-0.4, -0.2) is 48.7 Å². The second-order valence-corrected chi connectivity index (χ2v) is 7.72. The summed E-state index contributed by atoms with van der Waals surface area (Å²) in [6, 6.07) is 14.0. The van der Waals surface area contributed by atoms with Gasteiger partial charge >= 0.3 is 0 Å². The van der Waals surface area contributed by atoms with Crippen LogP contribution in [0.4, 0.5) is 0 Å². The van der Waals surface area contributed by atoms with Gasteiger partial charge in [0.25, 0.3) is 0 Å². The number of fused-ring (bicyclic) bond motifs is 1. The molecular formula is C22H23N5O2. The van der Waals surface area contributed by atoms with E-state index in [1.807, 2.05) is 47.9 Å². The van der Waals surface area contributed by atoms with Crippen LogP contribution >= 0.6 is 0 Å². The minimum absolute atomic E-state index is 0.125. The van der Waals surface area contributed by atoms with Crippen LogP contribution in [0.3, 0.4) is 0 Å². The third-order valence-electron chi connectivity index (χ3n) is 5.55. The number of imidazole rings is 1. The van der Waals surface area contributed by atoms with Gasteiger partial charge in [-0.05, 0) is 13.0 Å². The number of aryl methyl sites for hydroxylation is 1. The van der Waals surface area contributed by atoms with Crippen LogP contribution in [0.15, 0.2) is 59.4 Å². The largest absolute Gasteiger partial charge is 0.391 e. The summed E-state index contributed by atoms with van der Waals surface area (Å²) in [6.45, 7) is 4.02. The molecule has 1 fully saturated rings. The maximum absolute atomic E-state index is 10.6. The predicted molar refractivity (Wildman–Crippen MR) is 108 cm³/mol. The first-order chi connectivity index (χ1) is 14.2. The molecule has 1 aromatic carbocycles. The van der Waals surface area contributed by atoms with E-state index < -0.39 is 6.10 Å². The molecular weight excluding hydrogens is 366 g/mol. The Balaban J connectivity index is 1.41. The summed E-state index contributed by atoms with van der Waals surface area (Å²) in [6.07, 6.45) is 4.06. The second-order valence-electron chi connectivity index (χ2n) is 7.72. The number of hydrogen-bond donors (Lipinski definition) is 1. The van der Waals surface area contributed by atoms with Gasteiger partial charge in [0.2, 0.25) is 5.78 Å². The van der Waals surface area contributed by atoms with Gasteiger partial charge in [0.15, 0.2) is 0 Å². The van der Waals surface area contributed by atoms with Gasteiger partial charge in [-0.3, -0.25) is 9.30 Å². The number of benzene rings is 1. The molecule has 1 aliphatic heterocycles. The quantitative estimate of drug-likeness (QED) is 0.565. The van der Waals surface area contributed by atoms with Gasteiger partial charge in [-0.1, -0.05) is 35.5 Å². The molecule has 0 aliphatic carbocycles. The highest BCUT2D eigenvalue weighted by atomic mass is 16.5. The zero-order valence-electron chi connectivity index (χ0n) is 16.3. The molecule has 3 aromatic heterocycles. The van der Waals surface area contributed by atoms with Gasteiger partial charge in [-0.25, -0.2) is 9.97 Å². The van der Waals surface area contributed by atoms with E-state index in [2.05, 4.69) is 27.2 Å². The lowest BCUT2D eigenvalue weighted by molar-refractivity contribution is 0.137. The van der Waals surface area contributed by atoms with E-state index in [4.69, 9.17) is 9.51 Å². The summed E-state index contributed by atoms with van der Waals surface area (Å²) >= 11 is 0. The minimum Gasteiger partial charge on any atom is -0.391 e. The third kappa shape index (κ3) is 3.54. The Labute approximate surface area is 168 Å². The molecule has 0 unspecified atom stereocenters. The number of likely N-dealkylation sites (tertiary alicyclic amines) is 1. The molecule has 0 amide bonds. The van der Waals surface area contributed by atoms with Gasteiger partial charge in [-0.15, -0.1) is 0 Å². The highest BCUT2D eigenvalue weighted by Crippen LogP contribution is 2.28. The molecule has 0 bridgehead atoms. The molecule has 4 aromatic rings. The summed E-state index contributed by atoms with van der Waals surface area (Å²) < 4.78 is 7.39. The van der Waals surface area contributed by atoms with Crippen molar-refractivity contribution in [2.24, 2.45) is 5.92 Å². The number of nitrogens with zero attached hydrogens (tertiary/aromatic N) is 5. The fourth-order valence-corrected chi connectivity index (χ4v) is 4.17. The fourth-order valence-electron chi connectivity index (χ4n) is 4.17. The Morgan fingerprint density at radius 2 is 2.03 bits per heavy atom. The molecule has 5 rings (SSSR count). The molecule has 7 heteroatoms. The molecule has 1 N–H and O–H groups in total. The smallest absolute Gasteiger partial charge is 0.234 e. The van der Waals surface area contributed by atoms with Crippen molar-refractivity contribution in [3.05, 3.63) is 72.0 Å². The lowest BCUT2D eigenvalue weighted by atomic mass is 10.0. The predicted octanol–water partition coefficient (Wildman–Crippen LogP) is 2.73. The average Bonchev–Trinajstić information content (AvgIpc) is 3.41. The first-order valence-electron chi connectivity index (χ1n) is 9.87. The van der Waals surface area contributed by atoms with Gasteiger partial charge in [0, 0.05) is 56.0 Å². The Morgan fingerprint density at radius 3 is 2.83 bits per heavy atom. The van der Waals surface area contributed by atoms with E-state index >= 15 is 0 Å². The van der Waals surface area contributed by atoms with Crippen LogP contribution in [0.25, 0.3) is 17.0 Å². The topological polar surface area (TPSA) is 79.7 Å². The van der Waals surface area contributed by atoms with Gasteiger partial charge in [0.05, 0.1) is 23.2 Å². The zero-order valence-corrected chi connectivity index (χ0v) is 16.3. The van der Waals surface area contributed by atoms with Crippen molar-refractivity contribution < 1.29 is 9.63 Å². The Morgan fingerprint density at radius 1 is 1.17 bits per heavy atom. The summed E-state index contributed by atoms with van der Waals surface area (Å²) in [4.78, 5) is 11.5. The Kier molecular flexibility index (Phi) is 4.61. The van der Waals surface area contributed by atoms with Gasteiger partial charge in [-0.2, -0.15) is 0 Å². The first kappa shape index (κ1) is 18.0. The molecule has 7 nitrogen and oxygen atoms in total. The third-order valence-corrected chi connectivity index (χ3v) is 5.55. The normalized spacial score (nSPS) is 19.9. The van der Waals surface area contributed by atoms with E-state index in [-0.39, 0.29) is 5.92 Å². The number of aromatic nitrogens is 4. The van der Waals surface area contributed by atoms with E-state index in [1.165, 1.54) is 0 Å². The molecule has 2 atom stereocenters. The SMILES string of the molecule is Cc1cc(C[C@@H]2CN(Cc3c(-c4ccccc4)nc4ncccn34)C[C@@H]2O)on1. The standard InChI is InChI=1S/C22H23N5O2/c1-15-10-18(29-25-15)11-17-12-26(14-20(17)28)13-19-21(16-6-3-2-4-7-16)24-22-23-8-5-9-27(19)22/h2-10,17,20,28H,11-14H2,1H3/t17-,20+/m1/s1. The molecule has 1 aliphatic rings. The average molecular weight is 389 g/mol. The van der Waals surface area contributed by atoms with Crippen molar-refractivity contribution in [3.8, 4) is 11.3 Å². The molecule has 4 heterocycles. The number of aliphatic hydroxyl groups excluding tert-OH is 1. The second kappa shape index (κ2) is 7.42. The maximum atomic E-state index is 10.6. The Bertz CT molecular complexity index is 1120. The molecule has 0 saturated carbocycles.